The molecule has 9 nitrogen and oxygen atoms in total. The Kier molecular flexibility index (Phi) is 40.9. The number of allylic oxidation sites excluding steroid dienone is 4. The molecule has 0 aliphatic heterocycles. The molecular weight excluding hydrogens is 713 g/mol. The SMILES string of the molecule is CCCCCC=CCC=CCCCCCCCCCC(=O)OC(COC(=O)CCCCCCCCCCCCCCCCCCC)COP(=O)(O)OCCN. The summed E-state index contributed by atoms with van der Waals surface area (Å²) in [5.41, 5.74) is 5.35. The normalized spacial score (nSPS) is 13.5. The molecule has 0 saturated heterocycles. The molecule has 0 spiro atoms. The van der Waals surface area contributed by atoms with Crippen LogP contribution in [0, 0.1) is 0 Å². The minimum Gasteiger partial charge on any atom is -0.462 e. The second-order valence-corrected chi connectivity index (χ2v) is 16.7. The van der Waals surface area contributed by atoms with Crippen molar-refractivity contribution in [3.05, 3.63) is 24.3 Å². The highest BCUT2D eigenvalue weighted by molar-refractivity contribution is 7.47. The smallest absolute Gasteiger partial charge is 0.462 e. The Labute approximate surface area is 338 Å². The summed E-state index contributed by atoms with van der Waals surface area (Å²) < 4.78 is 32.8. The fraction of sp³-hybridized carbons (Fsp3) is 0.867. The third-order valence-corrected chi connectivity index (χ3v) is 10.8. The molecule has 0 radical (unpaired) electrons. The molecule has 0 aliphatic carbocycles. The number of hydrogen-bond donors (Lipinski definition) is 2. The quantitative estimate of drug-likeness (QED) is 0.0267. The van der Waals surface area contributed by atoms with Gasteiger partial charge in [0.2, 0.25) is 0 Å². The van der Waals surface area contributed by atoms with E-state index in [1.54, 1.807) is 0 Å². The molecule has 0 aromatic heterocycles. The highest BCUT2D eigenvalue weighted by Gasteiger charge is 2.26. The van der Waals surface area contributed by atoms with Crippen molar-refractivity contribution >= 4 is 19.8 Å². The molecule has 2 atom stereocenters. The van der Waals surface area contributed by atoms with Gasteiger partial charge in [-0.1, -0.05) is 186 Å². The van der Waals surface area contributed by atoms with Crippen LogP contribution in [-0.4, -0.2) is 49.3 Å². The number of carbonyl (C=O) groups excluding carboxylic acids is 2. The molecule has 0 heterocycles. The zero-order valence-corrected chi connectivity index (χ0v) is 36.6. The zero-order valence-electron chi connectivity index (χ0n) is 35.7. The standard InChI is InChI=1S/C45H86NO8P/c1-3-5-7-9-11-13-15-17-19-21-23-25-27-29-31-33-35-37-44(47)51-41-43(42-53-55(49,50)52-40-39-46)54-45(48)38-36-34-32-30-28-26-24-22-20-18-16-14-12-10-8-6-4-2/h12,14,18,20,43H,3-11,13,15-17,19,21-42,46H2,1-2H3,(H,49,50). The average molecular weight is 800 g/mol. The minimum atomic E-state index is -4.38. The molecule has 10 heteroatoms. The number of ether oxygens (including phenoxy) is 2. The third kappa shape index (κ3) is 41.9. The highest BCUT2D eigenvalue weighted by atomic mass is 31.2. The summed E-state index contributed by atoms with van der Waals surface area (Å²) in [5, 5.41) is 0. The lowest BCUT2D eigenvalue weighted by Crippen LogP contribution is -2.29. The maximum Gasteiger partial charge on any atom is 0.472 e. The first-order valence-electron chi connectivity index (χ1n) is 22.8. The molecule has 3 N–H and O–H groups in total. The largest absolute Gasteiger partial charge is 0.472 e. The van der Waals surface area contributed by atoms with Crippen LogP contribution in [0.4, 0.5) is 0 Å². The molecule has 0 rings (SSSR count). The van der Waals surface area contributed by atoms with Gasteiger partial charge in [0, 0.05) is 19.4 Å². The van der Waals surface area contributed by atoms with E-state index in [0.29, 0.717) is 6.42 Å². The zero-order chi connectivity index (χ0) is 40.3. The van der Waals surface area contributed by atoms with Gasteiger partial charge in [-0.25, -0.2) is 4.57 Å². The molecule has 0 bridgehead atoms. The van der Waals surface area contributed by atoms with Crippen molar-refractivity contribution in [3.8, 4) is 0 Å². The Morgan fingerprint density at radius 2 is 0.945 bits per heavy atom. The second kappa shape index (κ2) is 42.1. The van der Waals surface area contributed by atoms with Crippen LogP contribution in [0.3, 0.4) is 0 Å². The molecular formula is C45H86NO8P. The predicted molar refractivity (Wildman–Crippen MR) is 229 cm³/mol. The van der Waals surface area contributed by atoms with Gasteiger partial charge < -0.3 is 20.1 Å². The van der Waals surface area contributed by atoms with Gasteiger partial charge in [-0.15, -0.1) is 0 Å². The van der Waals surface area contributed by atoms with Gasteiger partial charge in [0.15, 0.2) is 6.10 Å². The molecule has 0 amide bonds. The van der Waals surface area contributed by atoms with Crippen LogP contribution in [0.2, 0.25) is 0 Å². The van der Waals surface area contributed by atoms with Crippen molar-refractivity contribution in [2.45, 2.75) is 225 Å². The summed E-state index contributed by atoms with van der Waals surface area (Å²) in [7, 11) is -4.38. The van der Waals surface area contributed by atoms with Crippen molar-refractivity contribution < 1.29 is 37.6 Å². The number of rotatable bonds is 43. The van der Waals surface area contributed by atoms with E-state index in [9.17, 15) is 19.0 Å². The number of esters is 2. The number of unbranched alkanes of at least 4 members (excludes halogenated alkanes) is 26. The van der Waals surface area contributed by atoms with Gasteiger partial charge >= 0.3 is 19.8 Å². The molecule has 0 aromatic carbocycles. The fourth-order valence-electron chi connectivity index (χ4n) is 6.43. The number of nitrogens with two attached hydrogens (primary N) is 1. The topological polar surface area (TPSA) is 134 Å². The molecule has 2 unspecified atom stereocenters. The molecule has 0 fully saturated rings. The van der Waals surface area contributed by atoms with Crippen LogP contribution in [0.1, 0.15) is 219 Å². The van der Waals surface area contributed by atoms with Crippen molar-refractivity contribution in [3.63, 3.8) is 0 Å². The van der Waals surface area contributed by atoms with Crippen LogP contribution >= 0.6 is 7.82 Å². The maximum atomic E-state index is 12.6. The van der Waals surface area contributed by atoms with Gasteiger partial charge in [0.05, 0.1) is 13.2 Å². The van der Waals surface area contributed by atoms with Gasteiger partial charge in [-0.2, -0.15) is 0 Å². The van der Waals surface area contributed by atoms with Crippen LogP contribution < -0.4 is 5.73 Å². The number of carbonyl (C=O) groups is 2. The van der Waals surface area contributed by atoms with E-state index in [-0.39, 0.29) is 38.6 Å². The first-order chi connectivity index (χ1) is 26.8. The van der Waals surface area contributed by atoms with E-state index in [0.717, 1.165) is 51.4 Å². The molecule has 55 heavy (non-hydrogen) atoms. The van der Waals surface area contributed by atoms with Crippen LogP contribution in [0.15, 0.2) is 24.3 Å². The van der Waals surface area contributed by atoms with E-state index in [2.05, 4.69) is 38.2 Å². The molecule has 0 aliphatic rings. The van der Waals surface area contributed by atoms with Gasteiger partial charge in [-0.3, -0.25) is 18.6 Å². The first kappa shape index (κ1) is 53.5. The summed E-state index contributed by atoms with van der Waals surface area (Å²) in [5.74, 6) is -0.828. The lowest BCUT2D eigenvalue weighted by atomic mass is 10.0. The van der Waals surface area contributed by atoms with Crippen LogP contribution in [-0.2, 0) is 32.7 Å². The average Bonchev–Trinajstić information content (AvgIpc) is 3.17. The summed E-state index contributed by atoms with van der Waals surface area (Å²) in [6, 6.07) is 0. The lowest BCUT2D eigenvalue weighted by Gasteiger charge is -2.19. The predicted octanol–water partition coefficient (Wildman–Crippen LogP) is 13.2. The Morgan fingerprint density at radius 3 is 1.42 bits per heavy atom. The fourth-order valence-corrected chi connectivity index (χ4v) is 7.20. The van der Waals surface area contributed by atoms with Gasteiger partial charge in [0.25, 0.3) is 0 Å². The lowest BCUT2D eigenvalue weighted by molar-refractivity contribution is -0.161. The Morgan fingerprint density at radius 1 is 0.545 bits per heavy atom. The molecule has 324 valence electrons. The Bertz CT molecular complexity index is 959. The monoisotopic (exact) mass is 800 g/mol. The molecule has 0 saturated carbocycles. The highest BCUT2D eigenvalue weighted by Crippen LogP contribution is 2.43. The van der Waals surface area contributed by atoms with E-state index < -0.39 is 26.5 Å². The summed E-state index contributed by atoms with van der Waals surface area (Å²) in [6.07, 6.45) is 44.9. The van der Waals surface area contributed by atoms with Crippen molar-refractivity contribution in [2.24, 2.45) is 5.73 Å². The van der Waals surface area contributed by atoms with Crippen molar-refractivity contribution in [1.29, 1.82) is 0 Å². The number of phosphoric ester groups is 1. The van der Waals surface area contributed by atoms with Gasteiger partial charge in [0.1, 0.15) is 6.61 Å². The Hall–Kier alpha value is -1.51. The Balaban J connectivity index is 4.11. The van der Waals surface area contributed by atoms with E-state index >= 15 is 0 Å². The maximum absolute atomic E-state index is 12.6. The summed E-state index contributed by atoms with van der Waals surface area (Å²) >= 11 is 0. The van der Waals surface area contributed by atoms with Gasteiger partial charge in [-0.05, 0) is 44.9 Å². The summed E-state index contributed by atoms with van der Waals surface area (Å²) in [4.78, 5) is 34.9. The van der Waals surface area contributed by atoms with E-state index in [1.165, 1.54) is 135 Å². The minimum absolute atomic E-state index is 0.0536. The van der Waals surface area contributed by atoms with Crippen LogP contribution in [0.5, 0.6) is 0 Å². The number of hydrogen-bond acceptors (Lipinski definition) is 8. The number of phosphoric acid groups is 1. The van der Waals surface area contributed by atoms with E-state index in [1.807, 2.05) is 0 Å². The van der Waals surface area contributed by atoms with Crippen molar-refractivity contribution in [2.75, 3.05) is 26.4 Å². The van der Waals surface area contributed by atoms with Crippen LogP contribution in [0.25, 0.3) is 0 Å². The van der Waals surface area contributed by atoms with E-state index in [4.69, 9.17) is 24.3 Å². The summed E-state index contributed by atoms with van der Waals surface area (Å²) in [6.45, 7) is 3.73. The van der Waals surface area contributed by atoms with Crippen molar-refractivity contribution in [1.82, 2.24) is 0 Å². The second-order valence-electron chi connectivity index (χ2n) is 15.3. The molecule has 0 aromatic rings. The first-order valence-corrected chi connectivity index (χ1v) is 24.3. The third-order valence-electron chi connectivity index (χ3n) is 9.84.